The minimum Gasteiger partial charge on any atom is -0.456 e. The Morgan fingerprint density at radius 2 is 1.90 bits per heavy atom. The van der Waals surface area contributed by atoms with Gasteiger partial charge in [-0.15, -0.1) is 0 Å². The molecule has 20 heavy (non-hydrogen) atoms. The number of hydrogen-bond acceptors (Lipinski definition) is 2. The molecule has 1 saturated heterocycles. The molecule has 1 fully saturated rings. The van der Waals surface area contributed by atoms with Gasteiger partial charge >= 0.3 is 5.97 Å². The molecule has 3 heteroatoms. The normalized spacial score (nSPS) is 17.0. The lowest BCUT2D eigenvalue weighted by Gasteiger charge is -2.35. The molecule has 1 aromatic carbocycles. The molecule has 0 atom stereocenters. The summed E-state index contributed by atoms with van der Waals surface area (Å²) in [5, 5.41) is 2.33. The standard InChI is InChI=1S/C17H25NO2/c1-12-5-6-13(2)15(11-12)16(19)20-17(3,4)14-7-9-18-10-8-14/h5-6,11,14,18H,7-10H2,1-4H3/p+1. The SMILES string of the molecule is Cc1ccc(C)c(C(=O)OC(C)(C)C2CC[NH2+]CC2)c1. The predicted octanol–water partition coefficient (Wildman–Crippen LogP) is 2.21. The lowest BCUT2D eigenvalue weighted by atomic mass is 9.83. The Morgan fingerprint density at radius 3 is 2.55 bits per heavy atom. The molecule has 2 rings (SSSR count). The van der Waals surface area contributed by atoms with Crippen molar-refractivity contribution in [2.45, 2.75) is 46.1 Å². The molecule has 1 aromatic rings. The fraction of sp³-hybridized carbons (Fsp3) is 0.588. The number of piperidine rings is 1. The smallest absolute Gasteiger partial charge is 0.338 e. The van der Waals surface area contributed by atoms with Gasteiger partial charge in [-0.3, -0.25) is 0 Å². The molecule has 110 valence electrons. The summed E-state index contributed by atoms with van der Waals surface area (Å²) in [6.07, 6.45) is 2.24. The Kier molecular flexibility index (Phi) is 4.48. The molecule has 2 N–H and O–H groups in total. The van der Waals surface area contributed by atoms with Gasteiger partial charge in [0.15, 0.2) is 0 Å². The first-order valence-corrected chi connectivity index (χ1v) is 7.52. The summed E-state index contributed by atoms with van der Waals surface area (Å²) in [4.78, 5) is 12.4. The number of aryl methyl sites for hydroxylation is 2. The van der Waals surface area contributed by atoms with Gasteiger partial charge in [0.2, 0.25) is 0 Å². The lowest BCUT2D eigenvalue weighted by molar-refractivity contribution is -0.665. The van der Waals surface area contributed by atoms with E-state index in [0.717, 1.165) is 37.1 Å². The second-order valence-corrected chi connectivity index (χ2v) is 6.45. The van der Waals surface area contributed by atoms with Crippen molar-refractivity contribution in [3.63, 3.8) is 0 Å². The predicted molar refractivity (Wildman–Crippen MR) is 79.8 cm³/mol. The molecule has 0 spiro atoms. The summed E-state index contributed by atoms with van der Waals surface area (Å²) in [6, 6.07) is 5.92. The van der Waals surface area contributed by atoms with Crippen LogP contribution in [0.1, 0.15) is 48.2 Å². The monoisotopic (exact) mass is 276 g/mol. The van der Waals surface area contributed by atoms with Crippen LogP contribution in [-0.2, 0) is 4.74 Å². The van der Waals surface area contributed by atoms with E-state index in [1.165, 1.54) is 0 Å². The third-order valence-electron chi connectivity index (χ3n) is 4.39. The number of carbonyl (C=O) groups excluding carboxylic acids is 1. The van der Waals surface area contributed by atoms with E-state index in [-0.39, 0.29) is 11.6 Å². The van der Waals surface area contributed by atoms with Crippen LogP contribution in [0.25, 0.3) is 0 Å². The number of benzene rings is 1. The minimum atomic E-state index is -0.387. The topological polar surface area (TPSA) is 42.9 Å². The number of rotatable bonds is 3. The molecule has 3 nitrogen and oxygen atoms in total. The maximum absolute atomic E-state index is 12.4. The molecular weight excluding hydrogens is 250 g/mol. The van der Waals surface area contributed by atoms with Crippen LogP contribution < -0.4 is 5.32 Å². The Bertz CT molecular complexity index is 488. The highest BCUT2D eigenvalue weighted by Gasteiger charge is 2.35. The van der Waals surface area contributed by atoms with Crippen LogP contribution in [-0.4, -0.2) is 24.7 Å². The highest BCUT2D eigenvalue weighted by molar-refractivity contribution is 5.91. The average Bonchev–Trinajstić information content (AvgIpc) is 2.42. The van der Waals surface area contributed by atoms with Crippen LogP contribution in [0.15, 0.2) is 18.2 Å². The van der Waals surface area contributed by atoms with Gasteiger partial charge in [-0.05, 0) is 39.3 Å². The van der Waals surface area contributed by atoms with Crippen molar-refractivity contribution in [3.8, 4) is 0 Å². The van der Waals surface area contributed by atoms with Gasteiger partial charge in [-0.1, -0.05) is 17.7 Å². The number of esters is 1. The van der Waals surface area contributed by atoms with Gasteiger partial charge < -0.3 is 10.1 Å². The molecule has 0 radical (unpaired) electrons. The van der Waals surface area contributed by atoms with Crippen LogP contribution in [0, 0.1) is 19.8 Å². The fourth-order valence-electron chi connectivity index (χ4n) is 2.95. The second kappa shape index (κ2) is 5.96. The van der Waals surface area contributed by atoms with E-state index >= 15 is 0 Å². The molecule has 1 aliphatic rings. The van der Waals surface area contributed by atoms with E-state index in [4.69, 9.17) is 4.74 Å². The van der Waals surface area contributed by atoms with E-state index in [9.17, 15) is 4.79 Å². The van der Waals surface area contributed by atoms with Gasteiger partial charge in [0, 0.05) is 18.8 Å². The van der Waals surface area contributed by atoms with Crippen LogP contribution in [0.2, 0.25) is 0 Å². The minimum absolute atomic E-state index is 0.189. The second-order valence-electron chi connectivity index (χ2n) is 6.45. The van der Waals surface area contributed by atoms with E-state index < -0.39 is 0 Å². The largest absolute Gasteiger partial charge is 0.456 e. The summed E-state index contributed by atoms with van der Waals surface area (Å²) in [5.41, 5.74) is 2.38. The van der Waals surface area contributed by atoms with Crippen LogP contribution >= 0.6 is 0 Å². The van der Waals surface area contributed by atoms with E-state index in [0.29, 0.717) is 11.5 Å². The van der Waals surface area contributed by atoms with Crippen molar-refractivity contribution in [1.82, 2.24) is 0 Å². The fourth-order valence-corrected chi connectivity index (χ4v) is 2.95. The number of quaternary nitrogens is 1. The first kappa shape index (κ1) is 15.0. The summed E-state index contributed by atoms with van der Waals surface area (Å²) >= 11 is 0. The quantitative estimate of drug-likeness (QED) is 0.860. The first-order chi connectivity index (χ1) is 9.40. The van der Waals surface area contributed by atoms with Crippen LogP contribution in [0.5, 0.6) is 0 Å². The molecule has 0 unspecified atom stereocenters. The maximum atomic E-state index is 12.4. The molecular formula is C17H26NO2+. The van der Waals surface area contributed by atoms with Crippen molar-refractivity contribution in [1.29, 1.82) is 0 Å². The van der Waals surface area contributed by atoms with Crippen molar-refractivity contribution < 1.29 is 14.8 Å². The van der Waals surface area contributed by atoms with Crippen LogP contribution in [0.3, 0.4) is 0 Å². The third kappa shape index (κ3) is 3.40. The number of ether oxygens (including phenoxy) is 1. The maximum Gasteiger partial charge on any atom is 0.338 e. The molecule has 0 aliphatic carbocycles. The van der Waals surface area contributed by atoms with Gasteiger partial charge in [0.05, 0.1) is 18.7 Å². The summed E-state index contributed by atoms with van der Waals surface area (Å²) in [7, 11) is 0. The summed E-state index contributed by atoms with van der Waals surface area (Å²) in [6.45, 7) is 10.3. The zero-order valence-electron chi connectivity index (χ0n) is 13.0. The number of hydrogen-bond donors (Lipinski definition) is 1. The Morgan fingerprint density at radius 1 is 1.25 bits per heavy atom. The van der Waals surface area contributed by atoms with E-state index in [1.54, 1.807) is 0 Å². The van der Waals surface area contributed by atoms with Gasteiger partial charge in [0.25, 0.3) is 0 Å². The molecule has 0 bridgehead atoms. The summed E-state index contributed by atoms with van der Waals surface area (Å²) in [5.74, 6) is 0.271. The molecule has 1 heterocycles. The van der Waals surface area contributed by atoms with Crippen molar-refractivity contribution in [2.24, 2.45) is 5.92 Å². The zero-order chi connectivity index (χ0) is 14.8. The zero-order valence-corrected chi connectivity index (χ0v) is 13.0. The van der Waals surface area contributed by atoms with Crippen molar-refractivity contribution in [3.05, 3.63) is 34.9 Å². The average molecular weight is 276 g/mol. The Balaban J connectivity index is 2.11. The lowest BCUT2D eigenvalue weighted by Crippen LogP contribution is -2.86. The van der Waals surface area contributed by atoms with Crippen LogP contribution in [0.4, 0.5) is 0 Å². The first-order valence-electron chi connectivity index (χ1n) is 7.52. The highest BCUT2D eigenvalue weighted by Crippen LogP contribution is 2.29. The van der Waals surface area contributed by atoms with Gasteiger partial charge in [0.1, 0.15) is 5.60 Å². The summed E-state index contributed by atoms with van der Waals surface area (Å²) < 4.78 is 5.85. The van der Waals surface area contributed by atoms with E-state index in [1.807, 2.05) is 45.9 Å². The molecule has 0 saturated carbocycles. The van der Waals surface area contributed by atoms with E-state index in [2.05, 4.69) is 5.32 Å². The Hall–Kier alpha value is -1.35. The molecule has 0 aromatic heterocycles. The van der Waals surface area contributed by atoms with Crippen molar-refractivity contribution >= 4 is 5.97 Å². The Labute approximate surface area is 121 Å². The number of nitrogens with two attached hydrogens (primary N) is 1. The number of carbonyl (C=O) groups is 1. The molecule has 0 amide bonds. The third-order valence-corrected chi connectivity index (χ3v) is 4.39. The van der Waals surface area contributed by atoms with Gasteiger partial charge in [-0.25, -0.2) is 4.79 Å². The highest BCUT2D eigenvalue weighted by atomic mass is 16.6. The van der Waals surface area contributed by atoms with Crippen molar-refractivity contribution in [2.75, 3.05) is 13.1 Å². The van der Waals surface area contributed by atoms with Gasteiger partial charge in [-0.2, -0.15) is 0 Å². The molecule has 1 aliphatic heterocycles.